The average molecular weight is 142 g/mol. The van der Waals surface area contributed by atoms with Gasteiger partial charge >= 0.3 is 5.97 Å². The second kappa shape index (κ2) is 3.20. The molecule has 0 aliphatic carbocycles. The van der Waals surface area contributed by atoms with Crippen LogP contribution in [0.15, 0.2) is 4.99 Å². The Balaban J connectivity index is 2.09. The number of nitrogens with one attached hydrogen (secondary N) is 1. The van der Waals surface area contributed by atoms with Gasteiger partial charge in [-0.05, 0) is 0 Å². The highest BCUT2D eigenvalue weighted by Gasteiger charge is 2.10. The molecule has 0 radical (unpaired) electrons. The molecule has 0 saturated heterocycles. The Kier molecular flexibility index (Phi) is 2.25. The maximum Gasteiger partial charge on any atom is 0.302 e. The average Bonchev–Trinajstić information content (AvgIpc) is 2.34. The van der Waals surface area contributed by atoms with Crippen molar-refractivity contribution < 1.29 is 9.53 Å². The van der Waals surface area contributed by atoms with Crippen LogP contribution in [0.1, 0.15) is 6.92 Å². The number of esters is 1. The van der Waals surface area contributed by atoms with Crippen molar-refractivity contribution in [3.05, 3.63) is 0 Å². The molecule has 1 rings (SSSR count). The first-order valence-corrected chi connectivity index (χ1v) is 3.17. The Morgan fingerprint density at radius 3 is 3.30 bits per heavy atom. The molecule has 0 aromatic rings. The van der Waals surface area contributed by atoms with Crippen molar-refractivity contribution in [3.63, 3.8) is 0 Å². The van der Waals surface area contributed by atoms with Crippen LogP contribution in [0.5, 0.6) is 0 Å². The zero-order valence-electron chi connectivity index (χ0n) is 5.83. The summed E-state index contributed by atoms with van der Waals surface area (Å²) in [5.41, 5.74) is 0. The first-order chi connectivity index (χ1) is 4.79. The standard InChI is InChI=1S/C6H10N2O2/c1-5(9)10-3-6-2-7-4-8-6/h4,6H,2-3H2,1H3,(H,7,8). The first kappa shape index (κ1) is 7.05. The van der Waals surface area contributed by atoms with Gasteiger partial charge in [0.25, 0.3) is 0 Å². The first-order valence-electron chi connectivity index (χ1n) is 3.17. The molecule has 0 fully saturated rings. The Bertz CT molecular complexity index is 148. The normalized spacial score (nSPS) is 22.3. The van der Waals surface area contributed by atoms with E-state index in [-0.39, 0.29) is 12.0 Å². The molecular weight excluding hydrogens is 132 g/mol. The van der Waals surface area contributed by atoms with Crippen molar-refractivity contribution in [1.29, 1.82) is 0 Å². The summed E-state index contributed by atoms with van der Waals surface area (Å²) in [6.07, 6.45) is 1.63. The van der Waals surface area contributed by atoms with Crippen LogP contribution < -0.4 is 5.32 Å². The number of carbonyl (C=O) groups excluding carboxylic acids is 1. The summed E-state index contributed by atoms with van der Waals surface area (Å²) in [6.45, 7) is 2.51. The fourth-order valence-corrected chi connectivity index (χ4v) is 0.710. The largest absolute Gasteiger partial charge is 0.464 e. The number of aliphatic imine (C=N–C) groups is 1. The van der Waals surface area contributed by atoms with E-state index in [2.05, 4.69) is 10.3 Å². The van der Waals surface area contributed by atoms with E-state index >= 15 is 0 Å². The minimum absolute atomic E-state index is 0.184. The van der Waals surface area contributed by atoms with Crippen molar-refractivity contribution in [1.82, 2.24) is 5.32 Å². The van der Waals surface area contributed by atoms with Crippen molar-refractivity contribution >= 4 is 12.3 Å². The molecule has 4 heteroatoms. The van der Waals surface area contributed by atoms with Gasteiger partial charge < -0.3 is 10.1 Å². The van der Waals surface area contributed by atoms with Crippen LogP contribution in [0.4, 0.5) is 0 Å². The number of carbonyl (C=O) groups is 1. The molecule has 1 aliphatic heterocycles. The summed E-state index contributed by atoms with van der Waals surface area (Å²) in [4.78, 5) is 14.2. The monoisotopic (exact) mass is 142 g/mol. The molecule has 56 valence electrons. The molecule has 0 amide bonds. The fourth-order valence-electron chi connectivity index (χ4n) is 0.710. The summed E-state index contributed by atoms with van der Waals surface area (Å²) in [5, 5.41) is 2.94. The predicted octanol–water partition coefficient (Wildman–Crippen LogP) is -0.450. The molecule has 1 N–H and O–H groups in total. The fraction of sp³-hybridized carbons (Fsp3) is 0.667. The zero-order chi connectivity index (χ0) is 7.40. The molecule has 1 atom stereocenters. The Morgan fingerprint density at radius 2 is 2.80 bits per heavy atom. The minimum Gasteiger partial charge on any atom is -0.464 e. The molecule has 0 saturated carbocycles. The van der Waals surface area contributed by atoms with Gasteiger partial charge in [-0.25, -0.2) is 0 Å². The zero-order valence-corrected chi connectivity index (χ0v) is 5.83. The number of rotatable bonds is 2. The summed E-state index contributed by atoms with van der Waals surface area (Å²) >= 11 is 0. The molecule has 0 bridgehead atoms. The van der Waals surface area contributed by atoms with Crippen LogP contribution in [-0.4, -0.2) is 31.5 Å². The van der Waals surface area contributed by atoms with Crippen molar-refractivity contribution in [2.45, 2.75) is 13.0 Å². The van der Waals surface area contributed by atoms with Gasteiger partial charge in [-0.15, -0.1) is 0 Å². The van der Waals surface area contributed by atoms with E-state index in [1.165, 1.54) is 6.92 Å². The third-order valence-electron chi connectivity index (χ3n) is 1.22. The lowest BCUT2D eigenvalue weighted by atomic mass is 10.3. The maximum absolute atomic E-state index is 10.3. The topological polar surface area (TPSA) is 50.7 Å². The third-order valence-corrected chi connectivity index (χ3v) is 1.22. The number of hydrogen-bond donors (Lipinski definition) is 1. The Morgan fingerprint density at radius 1 is 2.00 bits per heavy atom. The highest BCUT2D eigenvalue weighted by atomic mass is 16.5. The van der Waals surface area contributed by atoms with E-state index < -0.39 is 0 Å². The van der Waals surface area contributed by atoms with Gasteiger partial charge in [0.2, 0.25) is 0 Å². The lowest BCUT2D eigenvalue weighted by molar-refractivity contribution is -0.141. The highest BCUT2D eigenvalue weighted by Crippen LogP contribution is 1.91. The molecule has 10 heavy (non-hydrogen) atoms. The number of ether oxygens (including phenoxy) is 1. The maximum atomic E-state index is 10.3. The molecule has 1 heterocycles. The predicted molar refractivity (Wildman–Crippen MR) is 36.9 cm³/mol. The van der Waals surface area contributed by atoms with Crippen molar-refractivity contribution in [2.75, 3.05) is 13.2 Å². The van der Waals surface area contributed by atoms with E-state index in [0.717, 1.165) is 0 Å². The number of hydrogen-bond acceptors (Lipinski definition) is 4. The Labute approximate surface area is 59.3 Å². The summed E-state index contributed by atoms with van der Waals surface area (Å²) < 4.78 is 4.74. The van der Waals surface area contributed by atoms with Gasteiger partial charge in [0, 0.05) is 6.92 Å². The summed E-state index contributed by atoms with van der Waals surface area (Å²) in [5.74, 6) is -0.242. The van der Waals surface area contributed by atoms with Crippen LogP contribution in [0, 0.1) is 0 Å². The van der Waals surface area contributed by atoms with Crippen LogP contribution in [0.2, 0.25) is 0 Å². The van der Waals surface area contributed by atoms with Crippen molar-refractivity contribution in [2.24, 2.45) is 4.99 Å². The van der Waals surface area contributed by atoms with Gasteiger partial charge in [0.1, 0.15) is 6.61 Å². The molecule has 0 aromatic carbocycles. The molecule has 1 unspecified atom stereocenters. The van der Waals surface area contributed by atoms with Gasteiger partial charge in [-0.1, -0.05) is 0 Å². The Hall–Kier alpha value is -1.06. The molecule has 4 nitrogen and oxygen atoms in total. The van der Waals surface area contributed by atoms with Gasteiger partial charge in [-0.2, -0.15) is 0 Å². The lowest BCUT2D eigenvalue weighted by Crippen LogP contribution is -2.30. The molecule has 0 aromatic heterocycles. The molecular formula is C6H10N2O2. The highest BCUT2D eigenvalue weighted by molar-refractivity contribution is 5.66. The van der Waals surface area contributed by atoms with Gasteiger partial charge in [-0.3, -0.25) is 9.79 Å². The van der Waals surface area contributed by atoms with Crippen LogP contribution in [0.25, 0.3) is 0 Å². The second-order valence-electron chi connectivity index (χ2n) is 2.16. The third kappa shape index (κ3) is 2.05. The number of nitrogens with zero attached hydrogens (tertiary/aromatic N) is 1. The van der Waals surface area contributed by atoms with Crippen LogP contribution >= 0.6 is 0 Å². The molecule has 0 spiro atoms. The van der Waals surface area contributed by atoms with Gasteiger partial charge in [0.05, 0.1) is 18.9 Å². The van der Waals surface area contributed by atoms with E-state index in [9.17, 15) is 4.79 Å². The van der Waals surface area contributed by atoms with Crippen LogP contribution in [0.3, 0.4) is 0 Å². The van der Waals surface area contributed by atoms with E-state index in [0.29, 0.717) is 13.2 Å². The van der Waals surface area contributed by atoms with Crippen LogP contribution in [-0.2, 0) is 9.53 Å². The summed E-state index contributed by atoms with van der Waals surface area (Å²) in [7, 11) is 0. The second-order valence-corrected chi connectivity index (χ2v) is 2.16. The minimum atomic E-state index is -0.242. The van der Waals surface area contributed by atoms with E-state index in [1.54, 1.807) is 6.34 Å². The molecule has 1 aliphatic rings. The SMILES string of the molecule is CC(=O)OCC1CN=CN1. The quantitative estimate of drug-likeness (QED) is 0.531. The van der Waals surface area contributed by atoms with Crippen molar-refractivity contribution in [3.8, 4) is 0 Å². The smallest absolute Gasteiger partial charge is 0.302 e. The lowest BCUT2D eigenvalue weighted by Gasteiger charge is -2.07. The van der Waals surface area contributed by atoms with E-state index in [1.807, 2.05) is 0 Å². The summed E-state index contributed by atoms with van der Waals surface area (Å²) in [6, 6.07) is 0.184. The van der Waals surface area contributed by atoms with Gasteiger partial charge in [0.15, 0.2) is 0 Å². The van der Waals surface area contributed by atoms with E-state index in [4.69, 9.17) is 4.74 Å².